The largest absolute Gasteiger partial charge is 0.507 e. The molecule has 51 heavy (non-hydrogen) atoms. The maximum Gasteiger partial charge on any atom is 0.259 e. The first-order valence-corrected chi connectivity index (χ1v) is 17.1. The summed E-state index contributed by atoms with van der Waals surface area (Å²) in [6.07, 6.45) is 3.92. The van der Waals surface area contributed by atoms with Crippen molar-refractivity contribution < 1.29 is 24.2 Å². The highest BCUT2D eigenvalue weighted by Crippen LogP contribution is 2.40. The number of anilines is 2. The molecule has 13 heteroatoms. The monoisotopic (exact) mass is 693 g/mol. The minimum Gasteiger partial charge on any atom is -0.507 e. The summed E-state index contributed by atoms with van der Waals surface area (Å²) in [6, 6.07) is 10.8. The van der Waals surface area contributed by atoms with Crippen LogP contribution in [0.2, 0.25) is 0 Å². The summed E-state index contributed by atoms with van der Waals surface area (Å²) in [5.74, 6) is 0.452. The van der Waals surface area contributed by atoms with Gasteiger partial charge >= 0.3 is 0 Å². The van der Waals surface area contributed by atoms with Gasteiger partial charge < -0.3 is 29.1 Å². The van der Waals surface area contributed by atoms with Gasteiger partial charge in [-0.1, -0.05) is 6.07 Å². The summed E-state index contributed by atoms with van der Waals surface area (Å²) in [4.78, 5) is 63.1. The van der Waals surface area contributed by atoms with Crippen LogP contribution in [0, 0.1) is 0 Å². The number of ether oxygens (including phenoxy) is 1. The maximum atomic E-state index is 13.5. The Balaban J connectivity index is 1.11. The number of aryl methyl sites for hydroxylation is 1. The Labute approximate surface area is 296 Å². The van der Waals surface area contributed by atoms with E-state index in [0.717, 1.165) is 27.8 Å². The zero-order valence-corrected chi connectivity index (χ0v) is 29.8. The standard InChI is InChI=1S/C38H43N7O6/c1-38(2)21-43(24-8-7-22-18-45(37(50)25(22)15-24)30-9-10-34(47)40-35(30)48)11-12-44(38)20-29-31(46)13-23(14-32(29)51-6)28-19-42(5)36(49)27-17-39-33(41(3)4)16-26(27)28/h7-8,13-17,19,30,46H,9-12,18,20-21H2,1-6H3,(H,40,47,48). The summed E-state index contributed by atoms with van der Waals surface area (Å²) >= 11 is 0. The summed E-state index contributed by atoms with van der Waals surface area (Å²) in [5.41, 5.74) is 4.09. The van der Waals surface area contributed by atoms with Crippen molar-refractivity contribution in [1.82, 2.24) is 24.7 Å². The van der Waals surface area contributed by atoms with Gasteiger partial charge in [0.25, 0.3) is 11.5 Å². The lowest BCUT2D eigenvalue weighted by molar-refractivity contribution is -0.136. The molecule has 4 aromatic rings. The van der Waals surface area contributed by atoms with E-state index in [9.17, 15) is 24.3 Å². The summed E-state index contributed by atoms with van der Waals surface area (Å²) in [5, 5.41) is 15.1. The topological polar surface area (TPSA) is 141 Å². The molecule has 2 aromatic heterocycles. The van der Waals surface area contributed by atoms with Crippen molar-refractivity contribution >= 4 is 40.0 Å². The minimum atomic E-state index is -0.648. The second kappa shape index (κ2) is 12.7. The van der Waals surface area contributed by atoms with Crippen molar-refractivity contribution in [2.75, 3.05) is 50.6 Å². The number of nitrogens with one attached hydrogen (secondary N) is 1. The quantitative estimate of drug-likeness (QED) is 0.277. The van der Waals surface area contributed by atoms with E-state index in [4.69, 9.17) is 4.74 Å². The second-order valence-electron chi connectivity index (χ2n) is 14.5. The van der Waals surface area contributed by atoms with Crippen molar-refractivity contribution in [3.05, 3.63) is 75.8 Å². The van der Waals surface area contributed by atoms with E-state index in [0.29, 0.717) is 67.2 Å². The number of rotatable bonds is 7. The smallest absolute Gasteiger partial charge is 0.259 e. The lowest BCUT2D eigenvalue weighted by atomic mass is 9.95. The van der Waals surface area contributed by atoms with Gasteiger partial charge in [-0.2, -0.15) is 0 Å². The molecule has 1 atom stereocenters. The van der Waals surface area contributed by atoms with Gasteiger partial charge in [-0.05, 0) is 61.7 Å². The number of phenols is 1. The van der Waals surface area contributed by atoms with Crippen molar-refractivity contribution in [2.24, 2.45) is 7.05 Å². The number of nitrogens with zero attached hydrogens (tertiary/aromatic N) is 6. The molecule has 2 fully saturated rings. The summed E-state index contributed by atoms with van der Waals surface area (Å²) in [7, 11) is 7.08. The molecule has 2 N–H and O–H groups in total. The Morgan fingerprint density at radius 3 is 2.53 bits per heavy atom. The van der Waals surface area contributed by atoms with E-state index >= 15 is 0 Å². The van der Waals surface area contributed by atoms with Gasteiger partial charge in [-0.3, -0.25) is 29.4 Å². The summed E-state index contributed by atoms with van der Waals surface area (Å²) < 4.78 is 7.40. The lowest BCUT2D eigenvalue weighted by Crippen LogP contribution is -2.59. The third kappa shape index (κ3) is 6.05. The average molecular weight is 694 g/mol. The molecule has 0 aliphatic carbocycles. The number of pyridine rings is 2. The number of methoxy groups -OCH3 is 1. The number of aromatic hydroxyl groups is 1. The predicted molar refractivity (Wildman–Crippen MR) is 194 cm³/mol. The van der Waals surface area contributed by atoms with E-state index in [1.54, 1.807) is 37.5 Å². The van der Waals surface area contributed by atoms with Crippen LogP contribution < -0.4 is 25.4 Å². The zero-order valence-electron chi connectivity index (χ0n) is 29.8. The van der Waals surface area contributed by atoms with E-state index in [1.165, 1.54) is 4.57 Å². The van der Waals surface area contributed by atoms with Crippen LogP contribution in [-0.2, 0) is 29.7 Å². The van der Waals surface area contributed by atoms with Crippen LogP contribution in [0.15, 0.2) is 53.6 Å². The maximum absolute atomic E-state index is 13.5. The van der Waals surface area contributed by atoms with Gasteiger partial charge in [-0.15, -0.1) is 0 Å². The molecule has 3 amide bonds. The molecule has 3 aliphatic rings. The fourth-order valence-corrected chi connectivity index (χ4v) is 7.59. The molecule has 2 aromatic carbocycles. The highest BCUT2D eigenvalue weighted by atomic mass is 16.5. The fraction of sp³-hybridized carbons (Fsp3) is 0.395. The van der Waals surface area contributed by atoms with Crippen LogP contribution in [-0.4, -0.2) is 94.6 Å². The zero-order chi connectivity index (χ0) is 36.4. The molecular formula is C38H43N7O6. The number of phenolic OH excluding ortho intramolecular Hbond substituents is 1. The molecule has 7 rings (SSSR count). The molecule has 1 unspecified atom stereocenters. The number of carbonyl (C=O) groups is 3. The molecule has 13 nitrogen and oxygen atoms in total. The fourth-order valence-electron chi connectivity index (χ4n) is 7.59. The highest BCUT2D eigenvalue weighted by Gasteiger charge is 2.40. The SMILES string of the molecule is COc1cc(-c2cn(C)c(=O)c3cnc(N(C)C)cc23)cc(O)c1CN1CCN(c2ccc3c(c2)C(=O)N(C2CCC(=O)NC2=O)C3)CC1(C)C. The molecule has 2 saturated heterocycles. The van der Waals surface area contributed by atoms with Gasteiger partial charge in [0.15, 0.2) is 0 Å². The number of fused-ring (bicyclic) bond motifs is 2. The third-order valence-corrected chi connectivity index (χ3v) is 10.5. The predicted octanol–water partition coefficient (Wildman–Crippen LogP) is 3.24. The Kier molecular flexibility index (Phi) is 8.49. The van der Waals surface area contributed by atoms with Crippen molar-refractivity contribution in [2.45, 2.75) is 51.4 Å². The molecule has 0 radical (unpaired) electrons. The number of hydrogen-bond acceptors (Lipinski definition) is 10. The van der Waals surface area contributed by atoms with Gasteiger partial charge in [0.2, 0.25) is 11.8 Å². The summed E-state index contributed by atoms with van der Waals surface area (Å²) in [6.45, 7) is 7.17. The van der Waals surface area contributed by atoms with E-state index < -0.39 is 11.9 Å². The molecule has 5 heterocycles. The molecule has 0 saturated carbocycles. The van der Waals surface area contributed by atoms with Crippen LogP contribution in [0.4, 0.5) is 11.5 Å². The van der Waals surface area contributed by atoms with E-state index in [1.807, 2.05) is 49.3 Å². The Bertz CT molecular complexity index is 2160. The molecule has 0 spiro atoms. The van der Waals surface area contributed by atoms with Crippen molar-refractivity contribution in [3.63, 3.8) is 0 Å². The molecule has 266 valence electrons. The van der Waals surface area contributed by atoms with Crippen LogP contribution >= 0.6 is 0 Å². The van der Waals surface area contributed by atoms with Crippen LogP contribution in [0.5, 0.6) is 11.5 Å². The first kappa shape index (κ1) is 34.0. The highest BCUT2D eigenvalue weighted by molar-refractivity contribution is 6.05. The number of piperazine rings is 1. The number of aromatic nitrogens is 2. The van der Waals surface area contributed by atoms with Crippen molar-refractivity contribution in [3.8, 4) is 22.6 Å². The Hall–Kier alpha value is -5.43. The van der Waals surface area contributed by atoms with Gasteiger partial charge in [-0.25, -0.2) is 4.98 Å². The third-order valence-electron chi connectivity index (χ3n) is 10.5. The number of hydrogen-bond donors (Lipinski definition) is 2. The van der Waals surface area contributed by atoms with Crippen LogP contribution in [0.3, 0.4) is 0 Å². The van der Waals surface area contributed by atoms with E-state index in [-0.39, 0.29) is 35.1 Å². The number of benzene rings is 2. The first-order chi connectivity index (χ1) is 24.2. The van der Waals surface area contributed by atoms with Crippen LogP contribution in [0.25, 0.3) is 21.9 Å². The van der Waals surface area contributed by atoms with Gasteiger partial charge in [0.1, 0.15) is 23.4 Å². The first-order valence-electron chi connectivity index (χ1n) is 17.1. The normalized spacial score (nSPS) is 19.0. The Morgan fingerprint density at radius 2 is 1.82 bits per heavy atom. The number of carbonyl (C=O) groups excluding carboxylic acids is 3. The lowest BCUT2D eigenvalue weighted by Gasteiger charge is -2.48. The number of amides is 3. The van der Waals surface area contributed by atoms with E-state index in [2.05, 4.69) is 33.9 Å². The Morgan fingerprint density at radius 1 is 1.04 bits per heavy atom. The van der Waals surface area contributed by atoms with Gasteiger partial charge in [0, 0.05) is 106 Å². The molecule has 3 aliphatic heterocycles. The van der Waals surface area contributed by atoms with Crippen molar-refractivity contribution in [1.29, 1.82) is 0 Å². The van der Waals surface area contributed by atoms with Crippen LogP contribution in [0.1, 0.15) is 48.2 Å². The molecular weight excluding hydrogens is 650 g/mol. The second-order valence-corrected chi connectivity index (χ2v) is 14.5. The number of imide groups is 1. The van der Waals surface area contributed by atoms with Gasteiger partial charge in [0.05, 0.1) is 12.5 Å². The minimum absolute atomic E-state index is 0.101. The number of piperidine rings is 1. The average Bonchev–Trinajstić information content (AvgIpc) is 3.42. The molecule has 0 bridgehead atoms.